The first-order chi connectivity index (χ1) is 17.1. The lowest BCUT2D eigenvalue weighted by atomic mass is 9.39. The fourth-order valence-corrected chi connectivity index (χ4v) is 8.57. The summed E-state index contributed by atoms with van der Waals surface area (Å²) in [6.45, 7) is 5.00. The number of nitrogens with one attached hydrogen (secondary N) is 1. The summed E-state index contributed by atoms with van der Waals surface area (Å²) in [6.07, 6.45) is 7.94. The zero-order valence-corrected chi connectivity index (χ0v) is 21.6. The summed E-state index contributed by atoms with van der Waals surface area (Å²) in [5, 5.41) is 13.2. The van der Waals surface area contributed by atoms with Gasteiger partial charge in [0.05, 0.1) is 16.3 Å². The number of benzene rings is 3. The molecule has 3 aromatic carbocycles. The Hall–Kier alpha value is -2.98. The van der Waals surface area contributed by atoms with Crippen LogP contribution in [0.3, 0.4) is 0 Å². The van der Waals surface area contributed by atoms with Crippen LogP contribution in [0.2, 0.25) is 5.02 Å². The monoisotopic (exact) mass is 501 g/mol. The van der Waals surface area contributed by atoms with Crippen LogP contribution >= 0.6 is 11.6 Å². The fourth-order valence-electron chi connectivity index (χ4n) is 8.35. The Morgan fingerprint density at radius 1 is 0.944 bits per heavy atom. The summed E-state index contributed by atoms with van der Waals surface area (Å²) in [5.74, 6) is 1.20. The number of ether oxygens (including phenoxy) is 1. The van der Waals surface area contributed by atoms with Crippen molar-refractivity contribution in [2.24, 2.45) is 16.7 Å². The second-order valence-electron chi connectivity index (χ2n) is 12.2. The standard InChI is InChI=1S/C31H32ClNO3/c1-29-14-20-15-30(2,17-29)19-31(16-20,18-29)21-7-12-27(25(32)13-21)36-23-10-8-22(9-11-23)33-26-6-4-3-5-24(26)28(34)35/h3-13,20,33H,14-19H2,1-2H3,(H,34,35). The molecule has 2 atom stereocenters. The average Bonchev–Trinajstić information content (AvgIpc) is 2.79. The van der Waals surface area contributed by atoms with Crippen molar-refractivity contribution < 1.29 is 14.6 Å². The smallest absolute Gasteiger partial charge is 0.337 e. The predicted molar refractivity (Wildman–Crippen MR) is 144 cm³/mol. The van der Waals surface area contributed by atoms with E-state index in [4.69, 9.17) is 16.3 Å². The number of carboxylic acid groups (broad SMARTS) is 1. The van der Waals surface area contributed by atoms with Gasteiger partial charge in [-0.3, -0.25) is 0 Å². The minimum atomic E-state index is -0.965. The Kier molecular flexibility index (Phi) is 5.38. The van der Waals surface area contributed by atoms with Crippen LogP contribution in [0.4, 0.5) is 11.4 Å². The summed E-state index contributed by atoms with van der Waals surface area (Å²) >= 11 is 6.78. The highest BCUT2D eigenvalue weighted by molar-refractivity contribution is 6.32. The largest absolute Gasteiger partial charge is 0.478 e. The van der Waals surface area contributed by atoms with E-state index in [2.05, 4.69) is 31.3 Å². The molecule has 4 saturated carbocycles. The number of rotatable bonds is 6. The van der Waals surface area contributed by atoms with E-state index in [1.54, 1.807) is 18.2 Å². The summed E-state index contributed by atoms with van der Waals surface area (Å²) < 4.78 is 6.14. The van der Waals surface area contributed by atoms with Gasteiger partial charge >= 0.3 is 5.97 Å². The molecule has 0 saturated heterocycles. The van der Waals surface area contributed by atoms with Gasteiger partial charge in [-0.25, -0.2) is 4.79 Å². The van der Waals surface area contributed by atoms with E-state index in [0.29, 0.717) is 33.0 Å². The van der Waals surface area contributed by atoms with Gasteiger partial charge in [-0.05, 0) is 115 Å². The Morgan fingerprint density at radius 3 is 2.28 bits per heavy atom. The topological polar surface area (TPSA) is 58.6 Å². The Labute approximate surface area is 217 Å². The normalized spacial score (nSPS) is 30.2. The van der Waals surface area contributed by atoms with Gasteiger partial charge in [0.2, 0.25) is 0 Å². The second-order valence-corrected chi connectivity index (χ2v) is 12.6. The molecule has 0 aromatic heterocycles. The van der Waals surface area contributed by atoms with E-state index >= 15 is 0 Å². The van der Waals surface area contributed by atoms with E-state index in [1.807, 2.05) is 36.4 Å². The van der Waals surface area contributed by atoms with Crippen LogP contribution in [0.25, 0.3) is 0 Å². The van der Waals surface area contributed by atoms with Gasteiger partial charge in [-0.2, -0.15) is 0 Å². The maximum Gasteiger partial charge on any atom is 0.337 e. The van der Waals surface area contributed by atoms with Gasteiger partial charge in [0.25, 0.3) is 0 Å². The first-order valence-electron chi connectivity index (χ1n) is 12.8. The molecule has 0 radical (unpaired) electrons. The Morgan fingerprint density at radius 2 is 1.64 bits per heavy atom. The van der Waals surface area contributed by atoms with Crippen molar-refractivity contribution in [3.05, 3.63) is 82.9 Å². The lowest BCUT2D eigenvalue weighted by molar-refractivity contribution is -0.110. The average molecular weight is 502 g/mol. The zero-order valence-electron chi connectivity index (χ0n) is 20.8. The van der Waals surface area contributed by atoms with Crippen LogP contribution in [0.15, 0.2) is 66.7 Å². The van der Waals surface area contributed by atoms with Gasteiger partial charge in [0.15, 0.2) is 0 Å². The molecule has 4 bridgehead atoms. The van der Waals surface area contributed by atoms with Crippen molar-refractivity contribution in [3.63, 3.8) is 0 Å². The quantitative estimate of drug-likeness (QED) is 0.354. The van der Waals surface area contributed by atoms with Gasteiger partial charge in [-0.15, -0.1) is 0 Å². The molecule has 2 N–H and O–H groups in total. The molecule has 4 aliphatic carbocycles. The first kappa shape index (κ1) is 23.4. The van der Waals surface area contributed by atoms with Gasteiger partial charge in [0, 0.05) is 5.69 Å². The molecule has 2 unspecified atom stereocenters. The number of aromatic carboxylic acids is 1. The number of para-hydroxylation sites is 1. The Bertz CT molecular complexity index is 1320. The molecule has 4 aliphatic rings. The van der Waals surface area contributed by atoms with Crippen molar-refractivity contribution in [3.8, 4) is 11.5 Å². The van der Waals surface area contributed by atoms with E-state index in [9.17, 15) is 9.90 Å². The SMILES string of the molecule is CC12CC3CC(C)(C1)CC(c1ccc(Oc4ccc(Nc5ccccc5C(=O)O)cc4)c(Cl)c1)(C3)C2. The molecule has 36 heavy (non-hydrogen) atoms. The highest BCUT2D eigenvalue weighted by atomic mass is 35.5. The van der Waals surface area contributed by atoms with Crippen molar-refractivity contribution in [1.82, 2.24) is 0 Å². The van der Waals surface area contributed by atoms with Crippen LogP contribution in [0.5, 0.6) is 11.5 Å². The highest BCUT2D eigenvalue weighted by Crippen LogP contribution is 2.70. The number of carboxylic acids is 1. The van der Waals surface area contributed by atoms with Crippen molar-refractivity contribution in [1.29, 1.82) is 0 Å². The lowest BCUT2D eigenvalue weighted by Crippen LogP contribution is -2.56. The molecule has 0 aliphatic heterocycles. The molecule has 0 heterocycles. The third-order valence-electron chi connectivity index (χ3n) is 8.69. The number of hydrogen-bond acceptors (Lipinski definition) is 3. The van der Waals surface area contributed by atoms with Gasteiger partial charge < -0.3 is 15.2 Å². The molecule has 4 nitrogen and oxygen atoms in total. The minimum absolute atomic E-state index is 0.228. The summed E-state index contributed by atoms with van der Waals surface area (Å²) in [4.78, 5) is 11.5. The van der Waals surface area contributed by atoms with Crippen LogP contribution in [0.1, 0.15) is 68.3 Å². The number of anilines is 2. The molecule has 0 amide bonds. The van der Waals surface area contributed by atoms with Crippen molar-refractivity contribution in [2.75, 3.05) is 5.32 Å². The zero-order chi connectivity index (χ0) is 25.1. The molecular weight excluding hydrogens is 470 g/mol. The highest BCUT2D eigenvalue weighted by Gasteiger charge is 2.60. The van der Waals surface area contributed by atoms with Crippen LogP contribution < -0.4 is 10.1 Å². The van der Waals surface area contributed by atoms with Gasteiger partial charge in [-0.1, -0.05) is 43.6 Å². The van der Waals surface area contributed by atoms with Crippen molar-refractivity contribution in [2.45, 2.75) is 57.8 Å². The maximum absolute atomic E-state index is 11.5. The molecule has 4 fully saturated rings. The van der Waals surface area contributed by atoms with E-state index in [1.165, 1.54) is 44.1 Å². The summed E-state index contributed by atoms with van der Waals surface area (Å²) in [5.41, 5.74) is 4.08. The molecule has 5 heteroatoms. The lowest BCUT2D eigenvalue weighted by Gasteiger charge is -2.65. The van der Waals surface area contributed by atoms with Gasteiger partial charge in [0.1, 0.15) is 11.5 Å². The fraction of sp³-hybridized carbons (Fsp3) is 0.387. The van der Waals surface area contributed by atoms with E-state index in [0.717, 1.165) is 11.6 Å². The summed E-state index contributed by atoms with van der Waals surface area (Å²) in [6, 6.07) is 20.7. The second kappa shape index (κ2) is 8.27. The number of hydrogen-bond donors (Lipinski definition) is 2. The number of halogens is 1. The first-order valence-corrected chi connectivity index (χ1v) is 13.2. The van der Waals surface area contributed by atoms with E-state index < -0.39 is 5.97 Å². The third kappa shape index (κ3) is 4.16. The predicted octanol–water partition coefficient (Wildman–Crippen LogP) is 8.82. The molecule has 0 spiro atoms. The Balaban J connectivity index is 1.19. The van der Waals surface area contributed by atoms with Crippen LogP contribution in [-0.2, 0) is 5.41 Å². The molecular formula is C31H32ClNO3. The summed E-state index contributed by atoms with van der Waals surface area (Å²) in [7, 11) is 0. The van der Waals surface area contributed by atoms with E-state index in [-0.39, 0.29) is 11.0 Å². The van der Waals surface area contributed by atoms with Crippen LogP contribution in [-0.4, -0.2) is 11.1 Å². The van der Waals surface area contributed by atoms with Crippen LogP contribution in [0, 0.1) is 16.7 Å². The maximum atomic E-state index is 11.5. The van der Waals surface area contributed by atoms with Crippen molar-refractivity contribution >= 4 is 28.9 Å². The molecule has 3 aromatic rings. The third-order valence-corrected chi connectivity index (χ3v) is 8.98. The molecule has 7 rings (SSSR count). The molecule has 186 valence electrons. The minimum Gasteiger partial charge on any atom is -0.478 e. The number of carbonyl (C=O) groups is 1.